The molecule has 5 atom stereocenters. The second-order valence-corrected chi connectivity index (χ2v) is 17.4. The van der Waals surface area contributed by atoms with Gasteiger partial charge in [0.25, 0.3) is 5.56 Å². The zero-order valence-electron chi connectivity index (χ0n) is 39.3. The number of ether oxygens (including phenoxy) is 8. The van der Waals surface area contributed by atoms with Crippen LogP contribution < -0.4 is 25.2 Å². The van der Waals surface area contributed by atoms with Crippen LogP contribution in [-0.4, -0.2) is 94.8 Å². The van der Waals surface area contributed by atoms with Gasteiger partial charge < -0.3 is 42.4 Å². The predicted molar refractivity (Wildman–Crippen MR) is 257 cm³/mol. The molecule has 1 saturated heterocycles. The second kappa shape index (κ2) is 24.9. The third-order valence-electron chi connectivity index (χ3n) is 11.4. The number of H-pyrrole nitrogens is 1. The number of esters is 1. The number of benzene rings is 5. The van der Waals surface area contributed by atoms with Crippen LogP contribution in [0.2, 0.25) is 0 Å². The maximum absolute atomic E-state index is 15.1. The smallest absolute Gasteiger partial charge is 0.497 e. The summed E-state index contributed by atoms with van der Waals surface area (Å²) in [6.45, 7) is 2.94. The zero-order valence-corrected chi connectivity index (χ0v) is 40.2. The van der Waals surface area contributed by atoms with Crippen LogP contribution in [0.4, 0.5) is 0 Å². The molecule has 1 aromatic heterocycles. The Kier molecular flexibility index (Phi) is 18.3. The van der Waals surface area contributed by atoms with Crippen LogP contribution in [0.25, 0.3) is 0 Å². The molecule has 2 unspecified atom stereocenters. The molecule has 1 fully saturated rings. The Bertz CT molecular complexity index is 2670. The third-order valence-corrected chi connectivity index (χ3v) is 12.8. The molecule has 1 N–H and O–H groups in total. The number of hydrogen-bond donors (Lipinski definition) is 1. The van der Waals surface area contributed by atoms with Gasteiger partial charge in [0.15, 0.2) is 12.3 Å². The molecule has 1 aliphatic rings. The number of aromatic amines is 1. The van der Waals surface area contributed by atoms with Crippen molar-refractivity contribution in [1.82, 2.24) is 9.55 Å². The Balaban J connectivity index is 1.17. The number of rotatable bonds is 26. The number of nitrogens with zero attached hydrogens (tertiary/aromatic N) is 1. The lowest BCUT2D eigenvalue weighted by molar-refractivity contribution is -0.0519. The second-order valence-electron chi connectivity index (χ2n) is 15.8. The summed E-state index contributed by atoms with van der Waals surface area (Å²) >= 11 is 0. The highest BCUT2D eigenvalue weighted by atomic mass is 31.2. The topological polar surface area (TPSA) is 191 Å². The molecule has 7 rings (SSSR count). The summed E-state index contributed by atoms with van der Waals surface area (Å²) in [6.07, 6.45) is -3.49. The van der Waals surface area contributed by atoms with Crippen LogP contribution in [0.1, 0.15) is 52.2 Å². The molecule has 18 heteroatoms. The standard InChI is InChI=1S/C52H57N2O15P/c1-5-45-47(48(67-50(56)38-12-8-6-9-13-38)49(66-45)54-29-28-46(55)53-51(54)57)69-70(58,65-35-34-63-33-32-62-31-30-59-2)68-44-22-16-37(17-23-44)36-64-52(39-14-10-7-11-15-39,40-18-24-42(60-3)25-19-40)41-20-26-43(61-4)27-21-41/h6-29,45,47-49H,5,30-36H2,1-4H3,(H,53,55,57)/t45-,47?,48+,49-,70?/m1/s1. The van der Waals surface area contributed by atoms with Crippen LogP contribution >= 0.6 is 7.82 Å². The van der Waals surface area contributed by atoms with Gasteiger partial charge in [-0.15, -0.1) is 0 Å². The van der Waals surface area contributed by atoms with Crippen molar-refractivity contribution >= 4 is 13.8 Å². The molecule has 2 heterocycles. The molecular weight excluding hydrogens is 924 g/mol. The summed E-state index contributed by atoms with van der Waals surface area (Å²) in [5, 5.41) is 0. The molecule has 5 aromatic carbocycles. The Labute approximate surface area is 405 Å². The lowest BCUT2D eigenvalue weighted by Gasteiger charge is -2.36. The van der Waals surface area contributed by atoms with Crippen molar-refractivity contribution in [1.29, 1.82) is 0 Å². The van der Waals surface area contributed by atoms with Gasteiger partial charge in [-0.05, 0) is 77.2 Å². The fourth-order valence-electron chi connectivity index (χ4n) is 7.85. The van der Waals surface area contributed by atoms with Crippen molar-refractivity contribution in [2.75, 3.05) is 61.0 Å². The van der Waals surface area contributed by atoms with Gasteiger partial charge >= 0.3 is 19.5 Å². The average Bonchev–Trinajstić information content (AvgIpc) is 3.72. The monoisotopic (exact) mass is 980 g/mol. The average molecular weight is 981 g/mol. The normalized spacial score (nSPS) is 17.7. The molecule has 6 aromatic rings. The first kappa shape index (κ1) is 51.5. The minimum Gasteiger partial charge on any atom is -0.497 e. The number of nitrogens with one attached hydrogen (secondary N) is 1. The van der Waals surface area contributed by atoms with E-state index in [0.29, 0.717) is 24.7 Å². The molecule has 70 heavy (non-hydrogen) atoms. The molecular formula is C52H57N2O15P. The Morgan fingerprint density at radius 3 is 1.80 bits per heavy atom. The summed E-state index contributed by atoms with van der Waals surface area (Å²) in [4.78, 5) is 41.1. The Hall–Kier alpha value is -6.40. The number of hydrogen-bond acceptors (Lipinski definition) is 15. The molecule has 0 aliphatic carbocycles. The van der Waals surface area contributed by atoms with E-state index in [9.17, 15) is 14.4 Å². The lowest BCUT2D eigenvalue weighted by atomic mass is 9.80. The van der Waals surface area contributed by atoms with Crippen molar-refractivity contribution in [3.8, 4) is 17.2 Å². The zero-order chi connectivity index (χ0) is 49.4. The van der Waals surface area contributed by atoms with Gasteiger partial charge in [0.2, 0.25) is 0 Å². The van der Waals surface area contributed by atoms with Crippen LogP contribution in [0.5, 0.6) is 17.2 Å². The van der Waals surface area contributed by atoms with Crippen molar-refractivity contribution in [2.24, 2.45) is 0 Å². The number of carbonyl (C=O) groups is 1. The summed E-state index contributed by atoms with van der Waals surface area (Å²) in [7, 11) is 0.117. The number of methoxy groups -OCH3 is 3. The van der Waals surface area contributed by atoms with Crippen molar-refractivity contribution in [3.63, 3.8) is 0 Å². The fraction of sp³-hybridized carbons (Fsp3) is 0.327. The van der Waals surface area contributed by atoms with E-state index < -0.39 is 55.2 Å². The highest BCUT2D eigenvalue weighted by Crippen LogP contribution is 2.54. The molecule has 370 valence electrons. The van der Waals surface area contributed by atoms with E-state index in [1.165, 1.54) is 6.20 Å². The minimum atomic E-state index is -4.69. The van der Waals surface area contributed by atoms with Gasteiger partial charge in [0, 0.05) is 19.4 Å². The maximum Gasteiger partial charge on any atom is 0.530 e. The van der Waals surface area contributed by atoms with Gasteiger partial charge in [-0.3, -0.25) is 23.4 Å². The van der Waals surface area contributed by atoms with Gasteiger partial charge in [0.1, 0.15) is 29.0 Å². The summed E-state index contributed by atoms with van der Waals surface area (Å²) in [5.74, 6) is 0.719. The first-order chi connectivity index (χ1) is 34.1. The van der Waals surface area contributed by atoms with E-state index in [-0.39, 0.29) is 50.8 Å². The highest BCUT2D eigenvalue weighted by Gasteiger charge is 2.52. The van der Waals surface area contributed by atoms with Crippen molar-refractivity contribution in [2.45, 2.75) is 50.1 Å². The summed E-state index contributed by atoms with van der Waals surface area (Å²) < 4.78 is 81.1. The van der Waals surface area contributed by atoms with E-state index in [1.807, 2.05) is 78.9 Å². The predicted octanol–water partition coefficient (Wildman–Crippen LogP) is 7.86. The largest absolute Gasteiger partial charge is 0.530 e. The molecule has 17 nitrogen and oxygen atoms in total. The van der Waals surface area contributed by atoms with Crippen molar-refractivity contribution < 1.29 is 60.8 Å². The quantitative estimate of drug-likeness (QED) is 0.0239. The summed E-state index contributed by atoms with van der Waals surface area (Å²) in [5.41, 5.74) is 0.955. The molecule has 0 bridgehead atoms. The van der Waals surface area contributed by atoms with Crippen LogP contribution in [0, 0.1) is 0 Å². The minimum absolute atomic E-state index is 0.0215. The molecule has 0 spiro atoms. The first-order valence-electron chi connectivity index (χ1n) is 22.7. The SMILES string of the molecule is CC[C@H]1O[C@@H](n2ccc(=O)[nH]c2=O)[C@@H](OC(=O)c2ccccc2)C1OP(=O)(OCCOCCOCCOC)Oc1ccc(COC(c2ccccc2)(c2ccc(OC)cc2)c2ccc(OC)cc2)cc1. The fourth-order valence-corrected chi connectivity index (χ4v) is 9.24. The van der Waals surface area contributed by atoms with Gasteiger partial charge in [-0.1, -0.05) is 91.9 Å². The van der Waals surface area contributed by atoms with E-state index in [2.05, 4.69) is 4.98 Å². The van der Waals surface area contributed by atoms with Crippen LogP contribution in [-0.2, 0) is 54.2 Å². The number of carbonyl (C=O) groups excluding carboxylic acids is 1. The number of aromatic nitrogens is 2. The van der Waals surface area contributed by atoms with E-state index in [0.717, 1.165) is 32.9 Å². The molecule has 0 radical (unpaired) electrons. The molecule has 0 saturated carbocycles. The Morgan fingerprint density at radius 2 is 1.23 bits per heavy atom. The highest BCUT2D eigenvalue weighted by molar-refractivity contribution is 7.49. The maximum atomic E-state index is 15.1. The first-order valence-corrected chi connectivity index (χ1v) is 24.1. The molecule has 1 aliphatic heterocycles. The van der Waals surface area contributed by atoms with E-state index >= 15 is 4.57 Å². The van der Waals surface area contributed by atoms with E-state index in [4.69, 9.17) is 51.5 Å². The van der Waals surface area contributed by atoms with Gasteiger partial charge in [-0.2, -0.15) is 0 Å². The third kappa shape index (κ3) is 12.9. The van der Waals surface area contributed by atoms with Gasteiger partial charge in [-0.25, -0.2) is 14.2 Å². The molecule has 0 amide bonds. The van der Waals surface area contributed by atoms with Gasteiger partial charge in [0.05, 0.1) is 72.1 Å². The van der Waals surface area contributed by atoms with E-state index in [1.54, 1.807) is 82.9 Å². The number of phosphoric acid groups is 1. The Morgan fingerprint density at radius 1 is 0.671 bits per heavy atom. The lowest BCUT2D eigenvalue weighted by Crippen LogP contribution is -2.41. The van der Waals surface area contributed by atoms with Crippen LogP contribution in [0.3, 0.4) is 0 Å². The van der Waals surface area contributed by atoms with Crippen molar-refractivity contribution in [3.05, 3.63) is 194 Å². The summed E-state index contributed by atoms with van der Waals surface area (Å²) in [6, 6.07) is 41.4. The number of phosphoric ester groups is 1. The van der Waals surface area contributed by atoms with Crippen LogP contribution in [0.15, 0.2) is 155 Å².